The lowest BCUT2D eigenvalue weighted by atomic mass is 10.1. The fourth-order valence-electron chi connectivity index (χ4n) is 2.15. The molecule has 0 saturated carbocycles. The summed E-state index contributed by atoms with van der Waals surface area (Å²) in [6.45, 7) is 2.56. The predicted octanol–water partition coefficient (Wildman–Crippen LogP) is -0.806. The average molecular weight is 237 g/mol. The molecule has 1 aromatic heterocycles. The second kappa shape index (κ2) is 4.85. The molecule has 1 amide bonds. The van der Waals surface area contributed by atoms with E-state index in [1.807, 2.05) is 26.5 Å². The molecule has 1 saturated heterocycles. The van der Waals surface area contributed by atoms with Crippen LogP contribution in [0, 0.1) is 0 Å². The summed E-state index contributed by atoms with van der Waals surface area (Å²) in [6.07, 6.45) is 3.78. The van der Waals surface area contributed by atoms with Crippen LogP contribution >= 0.6 is 0 Å². The highest BCUT2D eigenvalue weighted by Gasteiger charge is 2.27. The fraction of sp³-hybridized carbons (Fsp3) is 0.636. The van der Waals surface area contributed by atoms with Crippen molar-refractivity contribution >= 4 is 5.91 Å². The van der Waals surface area contributed by atoms with Crippen LogP contribution in [0.1, 0.15) is 11.6 Å². The van der Waals surface area contributed by atoms with Crippen LogP contribution in [0.3, 0.4) is 0 Å². The molecule has 0 aliphatic carbocycles. The van der Waals surface area contributed by atoms with Gasteiger partial charge in [0, 0.05) is 45.5 Å². The Morgan fingerprint density at radius 1 is 1.47 bits per heavy atom. The van der Waals surface area contributed by atoms with Crippen molar-refractivity contribution < 1.29 is 4.79 Å². The number of aromatic nitrogens is 2. The number of nitrogens with two attached hydrogens (primary N) is 1. The minimum absolute atomic E-state index is 0.0846. The molecule has 1 unspecified atom stereocenters. The van der Waals surface area contributed by atoms with E-state index in [1.165, 1.54) is 0 Å². The lowest BCUT2D eigenvalue weighted by Crippen LogP contribution is -2.50. The maximum atomic E-state index is 11.7. The van der Waals surface area contributed by atoms with E-state index in [-0.39, 0.29) is 11.9 Å². The molecule has 6 heteroatoms. The summed E-state index contributed by atoms with van der Waals surface area (Å²) in [5.74, 6) is 0.151. The first-order valence-corrected chi connectivity index (χ1v) is 5.78. The molecule has 0 radical (unpaired) electrons. The number of nitrogens with zero attached hydrogens (tertiary/aromatic N) is 4. The number of amides is 1. The summed E-state index contributed by atoms with van der Waals surface area (Å²) in [4.78, 5) is 15.6. The SMILES string of the molecule is CN1CCN(C(CN)c2cnn(C)c2)CC1=O. The van der Waals surface area contributed by atoms with Crippen LogP contribution in [0.2, 0.25) is 0 Å². The second-order valence-electron chi connectivity index (χ2n) is 4.48. The number of carbonyl (C=O) groups excluding carboxylic acids is 1. The van der Waals surface area contributed by atoms with Gasteiger partial charge in [-0.1, -0.05) is 0 Å². The zero-order valence-corrected chi connectivity index (χ0v) is 10.3. The Balaban J connectivity index is 2.11. The van der Waals surface area contributed by atoms with Crippen molar-refractivity contribution in [1.82, 2.24) is 19.6 Å². The molecule has 1 aliphatic rings. The Kier molecular flexibility index (Phi) is 3.44. The molecule has 6 nitrogen and oxygen atoms in total. The molecule has 17 heavy (non-hydrogen) atoms. The summed E-state index contributed by atoms with van der Waals surface area (Å²) in [7, 11) is 3.72. The molecular formula is C11H19N5O. The molecule has 0 aromatic carbocycles. The molecule has 0 spiro atoms. The van der Waals surface area contributed by atoms with Crippen LogP contribution in [-0.4, -0.2) is 58.7 Å². The molecular weight excluding hydrogens is 218 g/mol. The highest BCUT2D eigenvalue weighted by atomic mass is 16.2. The Hall–Kier alpha value is -1.40. The van der Waals surface area contributed by atoms with Crippen molar-refractivity contribution in [2.24, 2.45) is 12.8 Å². The number of carbonyl (C=O) groups is 1. The summed E-state index contributed by atoms with van der Waals surface area (Å²) < 4.78 is 1.76. The number of piperazine rings is 1. The van der Waals surface area contributed by atoms with Gasteiger partial charge in [0.2, 0.25) is 5.91 Å². The molecule has 0 bridgehead atoms. The van der Waals surface area contributed by atoms with Gasteiger partial charge in [-0.25, -0.2) is 0 Å². The van der Waals surface area contributed by atoms with Crippen molar-refractivity contribution in [2.75, 3.05) is 33.2 Å². The summed E-state index contributed by atoms with van der Waals surface area (Å²) >= 11 is 0. The summed E-state index contributed by atoms with van der Waals surface area (Å²) in [5, 5.41) is 4.15. The van der Waals surface area contributed by atoms with Crippen LogP contribution in [-0.2, 0) is 11.8 Å². The van der Waals surface area contributed by atoms with E-state index in [1.54, 1.807) is 9.58 Å². The zero-order chi connectivity index (χ0) is 12.4. The molecule has 1 aromatic rings. The van der Waals surface area contributed by atoms with E-state index >= 15 is 0 Å². The lowest BCUT2D eigenvalue weighted by molar-refractivity contribution is -0.135. The maximum absolute atomic E-state index is 11.7. The molecule has 1 aliphatic heterocycles. The lowest BCUT2D eigenvalue weighted by Gasteiger charge is -2.36. The van der Waals surface area contributed by atoms with Crippen LogP contribution in [0.4, 0.5) is 0 Å². The smallest absolute Gasteiger partial charge is 0.236 e. The first-order chi connectivity index (χ1) is 8.11. The van der Waals surface area contributed by atoms with E-state index in [9.17, 15) is 4.79 Å². The van der Waals surface area contributed by atoms with Gasteiger partial charge in [-0.3, -0.25) is 14.4 Å². The van der Waals surface area contributed by atoms with E-state index in [0.29, 0.717) is 13.1 Å². The third-order valence-corrected chi connectivity index (χ3v) is 3.26. The average Bonchev–Trinajstić information content (AvgIpc) is 2.71. The molecule has 2 rings (SSSR count). The van der Waals surface area contributed by atoms with E-state index in [0.717, 1.165) is 18.7 Å². The number of likely N-dealkylation sites (N-methyl/N-ethyl adjacent to an activating group) is 1. The maximum Gasteiger partial charge on any atom is 0.236 e. The Bertz CT molecular complexity index is 402. The van der Waals surface area contributed by atoms with Crippen molar-refractivity contribution in [1.29, 1.82) is 0 Å². The summed E-state index contributed by atoms with van der Waals surface area (Å²) in [5.41, 5.74) is 6.90. The number of rotatable bonds is 3. The Morgan fingerprint density at radius 2 is 2.24 bits per heavy atom. The number of hydrogen-bond acceptors (Lipinski definition) is 4. The second-order valence-corrected chi connectivity index (χ2v) is 4.48. The van der Waals surface area contributed by atoms with Crippen molar-refractivity contribution in [3.63, 3.8) is 0 Å². The van der Waals surface area contributed by atoms with Crippen molar-refractivity contribution in [2.45, 2.75) is 6.04 Å². The standard InChI is InChI=1S/C11H19N5O/c1-14-3-4-16(8-11(14)17)10(5-12)9-6-13-15(2)7-9/h6-7,10H,3-5,8,12H2,1-2H3. The van der Waals surface area contributed by atoms with Crippen LogP contribution in [0.5, 0.6) is 0 Å². The third-order valence-electron chi connectivity index (χ3n) is 3.26. The topological polar surface area (TPSA) is 67.4 Å². The fourth-order valence-corrected chi connectivity index (χ4v) is 2.15. The highest BCUT2D eigenvalue weighted by Crippen LogP contribution is 2.20. The summed E-state index contributed by atoms with van der Waals surface area (Å²) in [6, 6.07) is 0.0846. The molecule has 94 valence electrons. The van der Waals surface area contributed by atoms with Crippen LogP contribution < -0.4 is 5.73 Å². The van der Waals surface area contributed by atoms with Gasteiger partial charge >= 0.3 is 0 Å². The molecule has 2 heterocycles. The third kappa shape index (κ3) is 2.48. The van der Waals surface area contributed by atoms with Gasteiger partial charge in [-0.2, -0.15) is 5.10 Å². The monoisotopic (exact) mass is 237 g/mol. The van der Waals surface area contributed by atoms with Crippen molar-refractivity contribution in [3.05, 3.63) is 18.0 Å². The largest absolute Gasteiger partial charge is 0.343 e. The minimum Gasteiger partial charge on any atom is -0.343 e. The zero-order valence-electron chi connectivity index (χ0n) is 10.3. The Morgan fingerprint density at radius 3 is 2.76 bits per heavy atom. The first kappa shape index (κ1) is 12.1. The van der Waals surface area contributed by atoms with Gasteiger partial charge in [-0.05, 0) is 0 Å². The van der Waals surface area contributed by atoms with Gasteiger partial charge in [0.05, 0.1) is 18.8 Å². The van der Waals surface area contributed by atoms with Gasteiger partial charge in [-0.15, -0.1) is 0 Å². The normalized spacial score (nSPS) is 19.7. The Labute approximate surface area is 101 Å². The first-order valence-electron chi connectivity index (χ1n) is 5.78. The molecule has 1 atom stereocenters. The molecule has 1 fully saturated rings. The van der Waals surface area contributed by atoms with Gasteiger partial charge < -0.3 is 10.6 Å². The number of hydrogen-bond donors (Lipinski definition) is 1. The van der Waals surface area contributed by atoms with Crippen molar-refractivity contribution in [3.8, 4) is 0 Å². The van der Waals surface area contributed by atoms with Crippen LogP contribution in [0.25, 0.3) is 0 Å². The van der Waals surface area contributed by atoms with Gasteiger partial charge in [0.15, 0.2) is 0 Å². The van der Waals surface area contributed by atoms with E-state index in [4.69, 9.17) is 5.73 Å². The minimum atomic E-state index is 0.0846. The highest BCUT2D eigenvalue weighted by molar-refractivity contribution is 5.78. The quantitative estimate of drug-likeness (QED) is 0.747. The van der Waals surface area contributed by atoms with Gasteiger partial charge in [0.1, 0.15) is 0 Å². The van der Waals surface area contributed by atoms with E-state index in [2.05, 4.69) is 10.00 Å². The van der Waals surface area contributed by atoms with Crippen LogP contribution in [0.15, 0.2) is 12.4 Å². The predicted molar refractivity (Wildman–Crippen MR) is 64.2 cm³/mol. The molecule has 2 N–H and O–H groups in total. The van der Waals surface area contributed by atoms with Gasteiger partial charge in [0.25, 0.3) is 0 Å². The van der Waals surface area contributed by atoms with E-state index < -0.39 is 0 Å². The number of aryl methyl sites for hydroxylation is 1.